The van der Waals surface area contributed by atoms with Gasteiger partial charge in [0, 0.05) is 12.5 Å². The van der Waals surface area contributed by atoms with Gasteiger partial charge in [-0.05, 0) is 32.2 Å². The number of hydrogen-bond acceptors (Lipinski definition) is 2. The third-order valence-electron chi connectivity index (χ3n) is 2.80. The predicted octanol–water partition coefficient (Wildman–Crippen LogP) is 0.902. The van der Waals surface area contributed by atoms with Gasteiger partial charge in [-0.25, -0.2) is 0 Å². The van der Waals surface area contributed by atoms with Crippen molar-refractivity contribution in [3.8, 4) is 12.3 Å². The molecule has 15 heavy (non-hydrogen) atoms. The van der Waals surface area contributed by atoms with Crippen LogP contribution in [0.25, 0.3) is 0 Å². The van der Waals surface area contributed by atoms with Crippen molar-refractivity contribution in [2.45, 2.75) is 45.2 Å². The van der Waals surface area contributed by atoms with E-state index in [1.807, 2.05) is 6.92 Å². The molecule has 0 aromatic heterocycles. The summed E-state index contributed by atoms with van der Waals surface area (Å²) in [6.45, 7) is 5.05. The van der Waals surface area contributed by atoms with Crippen molar-refractivity contribution in [1.29, 1.82) is 0 Å². The minimum Gasteiger partial charge on any atom is -0.351 e. The lowest BCUT2D eigenvalue weighted by atomic mass is 9.94. The van der Waals surface area contributed by atoms with Crippen molar-refractivity contribution in [3.63, 3.8) is 0 Å². The van der Waals surface area contributed by atoms with E-state index >= 15 is 0 Å². The number of amides is 1. The van der Waals surface area contributed by atoms with E-state index in [9.17, 15) is 4.79 Å². The number of nitrogens with one attached hydrogen (secondary N) is 2. The molecule has 0 aliphatic carbocycles. The first-order chi connectivity index (χ1) is 7.13. The highest BCUT2D eigenvalue weighted by atomic mass is 16.2. The van der Waals surface area contributed by atoms with Gasteiger partial charge >= 0.3 is 0 Å². The molecular formula is C12H20N2O. The van der Waals surface area contributed by atoms with Gasteiger partial charge in [0.1, 0.15) is 0 Å². The number of hydrogen-bond donors (Lipinski definition) is 2. The highest BCUT2D eigenvalue weighted by molar-refractivity contribution is 5.82. The van der Waals surface area contributed by atoms with E-state index in [0.29, 0.717) is 12.3 Å². The summed E-state index contributed by atoms with van der Waals surface area (Å²) in [6, 6.07) is 0.0375. The monoisotopic (exact) mass is 208 g/mol. The van der Waals surface area contributed by atoms with Crippen molar-refractivity contribution in [3.05, 3.63) is 0 Å². The molecule has 1 aliphatic heterocycles. The Bertz CT molecular complexity index is 257. The second-order valence-corrected chi connectivity index (χ2v) is 4.45. The van der Waals surface area contributed by atoms with E-state index in [0.717, 1.165) is 19.4 Å². The average Bonchev–Trinajstić information content (AvgIpc) is 2.18. The Morgan fingerprint density at radius 3 is 3.07 bits per heavy atom. The second-order valence-electron chi connectivity index (χ2n) is 4.45. The smallest absolute Gasteiger partial charge is 0.237 e. The molecule has 0 spiro atoms. The first kappa shape index (κ1) is 12.1. The molecule has 0 saturated carbocycles. The summed E-state index contributed by atoms with van der Waals surface area (Å²) in [7, 11) is 0. The number of carbonyl (C=O) groups is 1. The van der Waals surface area contributed by atoms with Crippen LogP contribution in [0.2, 0.25) is 0 Å². The highest BCUT2D eigenvalue weighted by Gasteiger charge is 2.24. The third-order valence-corrected chi connectivity index (χ3v) is 2.80. The van der Waals surface area contributed by atoms with Crippen molar-refractivity contribution in [2.24, 2.45) is 5.92 Å². The van der Waals surface area contributed by atoms with Gasteiger partial charge in [0.2, 0.25) is 5.91 Å². The molecule has 0 radical (unpaired) electrons. The molecule has 1 amide bonds. The van der Waals surface area contributed by atoms with Crippen LogP contribution in [0, 0.1) is 18.3 Å². The lowest BCUT2D eigenvalue weighted by Gasteiger charge is -2.28. The molecule has 1 fully saturated rings. The first-order valence-electron chi connectivity index (χ1n) is 5.60. The number of piperidine rings is 1. The molecule has 1 aliphatic rings. The van der Waals surface area contributed by atoms with Gasteiger partial charge in [-0.15, -0.1) is 12.3 Å². The summed E-state index contributed by atoms with van der Waals surface area (Å²) >= 11 is 0. The largest absolute Gasteiger partial charge is 0.351 e. The molecule has 3 atom stereocenters. The van der Waals surface area contributed by atoms with Crippen LogP contribution >= 0.6 is 0 Å². The molecule has 1 rings (SSSR count). The van der Waals surface area contributed by atoms with Crippen LogP contribution < -0.4 is 10.6 Å². The summed E-state index contributed by atoms with van der Waals surface area (Å²) in [5.74, 6) is 3.27. The van der Waals surface area contributed by atoms with E-state index in [4.69, 9.17) is 6.42 Å². The summed E-state index contributed by atoms with van der Waals surface area (Å²) in [4.78, 5) is 11.8. The van der Waals surface area contributed by atoms with Gasteiger partial charge < -0.3 is 10.6 Å². The summed E-state index contributed by atoms with van der Waals surface area (Å²) in [5, 5.41) is 6.16. The van der Waals surface area contributed by atoms with Crippen LogP contribution in [0.15, 0.2) is 0 Å². The fourth-order valence-corrected chi connectivity index (χ4v) is 1.88. The van der Waals surface area contributed by atoms with Gasteiger partial charge in [0.25, 0.3) is 0 Å². The van der Waals surface area contributed by atoms with Crippen LogP contribution in [-0.4, -0.2) is 24.5 Å². The van der Waals surface area contributed by atoms with E-state index in [-0.39, 0.29) is 18.0 Å². The van der Waals surface area contributed by atoms with Gasteiger partial charge in [-0.3, -0.25) is 4.79 Å². The zero-order valence-electron chi connectivity index (χ0n) is 9.55. The lowest BCUT2D eigenvalue weighted by molar-refractivity contribution is -0.124. The van der Waals surface area contributed by atoms with E-state index in [2.05, 4.69) is 23.5 Å². The molecule has 1 heterocycles. The molecule has 3 heteroatoms. The van der Waals surface area contributed by atoms with Gasteiger partial charge in [-0.1, -0.05) is 6.92 Å². The van der Waals surface area contributed by atoms with Gasteiger partial charge in [0.15, 0.2) is 0 Å². The molecule has 3 unspecified atom stereocenters. The lowest BCUT2D eigenvalue weighted by Crippen LogP contribution is -2.50. The minimum atomic E-state index is -0.0334. The zero-order chi connectivity index (χ0) is 11.3. The Balaban J connectivity index is 2.36. The fraction of sp³-hybridized carbons (Fsp3) is 0.750. The Morgan fingerprint density at radius 1 is 1.73 bits per heavy atom. The van der Waals surface area contributed by atoms with Crippen LogP contribution in [0.1, 0.15) is 33.1 Å². The Hall–Kier alpha value is -1.01. The quantitative estimate of drug-likeness (QED) is 0.677. The van der Waals surface area contributed by atoms with E-state index in [1.165, 1.54) is 0 Å². The normalized spacial score (nSPS) is 27.8. The van der Waals surface area contributed by atoms with Crippen LogP contribution in [-0.2, 0) is 4.79 Å². The second kappa shape index (κ2) is 5.77. The summed E-state index contributed by atoms with van der Waals surface area (Å²) in [5.41, 5.74) is 0. The number of carbonyl (C=O) groups excluding carboxylic acids is 1. The summed E-state index contributed by atoms with van der Waals surface area (Å²) in [6.07, 6.45) is 7.86. The predicted molar refractivity (Wildman–Crippen MR) is 61.2 cm³/mol. The molecule has 3 nitrogen and oxygen atoms in total. The standard InChI is InChI=1S/C12H20N2O/c1-4-5-10(3)14-12(15)11-8-9(2)6-7-13-11/h1,9-11,13H,5-8H2,2-3H3,(H,14,15). The van der Waals surface area contributed by atoms with E-state index in [1.54, 1.807) is 0 Å². The van der Waals surface area contributed by atoms with Gasteiger partial charge in [-0.2, -0.15) is 0 Å². The maximum atomic E-state index is 11.8. The van der Waals surface area contributed by atoms with Crippen molar-refractivity contribution in [1.82, 2.24) is 10.6 Å². The van der Waals surface area contributed by atoms with Crippen LogP contribution in [0.5, 0.6) is 0 Å². The molecular weight excluding hydrogens is 188 g/mol. The Morgan fingerprint density at radius 2 is 2.47 bits per heavy atom. The zero-order valence-corrected chi connectivity index (χ0v) is 9.55. The topological polar surface area (TPSA) is 41.1 Å². The molecule has 84 valence electrons. The SMILES string of the molecule is C#CCC(C)NC(=O)C1CC(C)CCN1. The molecule has 0 aromatic carbocycles. The Labute approximate surface area is 92.0 Å². The fourth-order valence-electron chi connectivity index (χ4n) is 1.88. The van der Waals surface area contributed by atoms with Gasteiger partial charge in [0.05, 0.1) is 6.04 Å². The van der Waals surface area contributed by atoms with Crippen LogP contribution in [0.4, 0.5) is 0 Å². The molecule has 2 N–H and O–H groups in total. The maximum absolute atomic E-state index is 11.8. The third kappa shape index (κ3) is 3.93. The molecule has 0 bridgehead atoms. The molecule has 1 saturated heterocycles. The number of rotatable bonds is 3. The highest BCUT2D eigenvalue weighted by Crippen LogP contribution is 2.15. The minimum absolute atomic E-state index is 0.0334. The number of terminal acetylenes is 1. The van der Waals surface area contributed by atoms with E-state index < -0.39 is 0 Å². The van der Waals surface area contributed by atoms with Crippen molar-refractivity contribution in [2.75, 3.05) is 6.54 Å². The maximum Gasteiger partial charge on any atom is 0.237 e. The summed E-state index contributed by atoms with van der Waals surface area (Å²) < 4.78 is 0. The van der Waals surface area contributed by atoms with Crippen LogP contribution in [0.3, 0.4) is 0 Å². The van der Waals surface area contributed by atoms with Crippen molar-refractivity contribution < 1.29 is 4.79 Å². The average molecular weight is 208 g/mol. The molecule has 0 aromatic rings. The Kier molecular flexibility index (Phi) is 4.64. The first-order valence-corrected chi connectivity index (χ1v) is 5.60. The van der Waals surface area contributed by atoms with Crippen molar-refractivity contribution >= 4 is 5.91 Å².